The Bertz CT molecular complexity index is 841. The van der Waals surface area contributed by atoms with E-state index in [-0.39, 0.29) is 17.8 Å². The molecule has 2 aromatic carbocycles. The maximum Gasteiger partial charge on any atom is 0.169 e. The van der Waals surface area contributed by atoms with Crippen molar-refractivity contribution in [2.75, 3.05) is 0 Å². The Hall–Kier alpha value is -2.20. The number of carbonyl (C=O) groups is 1. The Balaban J connectivity index is 1.94. The van der Waals surface area contributed by atoms with E-state index < -0.39 is 11.6 Å². The molecule has 3 aromatic rings. The van der Waals surface area contributed by atoms with Gasteiger partial charge in [-0.05, 0) is 23.8 Å². The Morgan fingerprint density at radius 2 is 1.95 bits per heavy atom. The van der Waals surface area contributed by atoms with Gasteiger partial charge in [0.2, 0.25) is 0 Å². The topological polar surface area (TPSA) is 32.9 Å². The summed E-state index contributed by atoms with van der Waals surface area (Å²) in [5, 5.41) is 1.29. The normalized spacial score (nSPS) is 11.0. The first-order valence-corrected chi connectivity index (χ1v) is 6.66. The fourth-order valence-electron chi connectivity index (χ4n) is 2.26. The summed E-state index contributed by atoms with van der Waals surface area (Å²) in [6.45, 7) is 0. The van der Waals surface area contributed by atoms with Gasteiger partial charge in [0, 0.05) is 40.2 Å². The summed E-state index contributed by atoms with van der Waals surface area (Å²) in [6.07, 6.45) is 1.45. The fraction of sp³-hybridized carbons (Fsp3) is 0.0625. The number of benzene rings is 2. The number of aromatic nitrogens is 1. The van der Waals surface area contributed by atoms with Crippen molar-refractivity contribution < 1.29 is 13.6 Å². The minimum absolute atomic E-state index is 0.123. The van der Waals surface area contributed by atoms with E-state index in [1.807, 2.05) is 0 Å². The molecule has 5 heteroatoms. The molecule has 0 bridgehead atoms. The molecule has 0 spiro atoms. The van der Waals surface area contributed by atoms with E-state index in [9.17, 15) is 13.6 Å². The molecular weight excluding hydrogens is 296 g/mol. The van der Waals surface area contributed by atoms with Crippen LogP contribution in [-0.4, -0.2) is 10.8 Å². The van der Waals surface area contributed by atoms with Crippen molar-refractivity contribution in [1.82, 2.24) is 4.98 Å². The van der Waals surface area contributed by atoms with Crippen molar-refractivity contribution in [1.29, 1.82) is 0 Å². The number of halogens is 3. The molecule has 0 unspecified atom stereocenters. The lowest BCUT2D eigenvalue weighted by molar-refractivity contribution is 0.0993. The number of H-pyrrole nitrogens is 1. The van der Waals surface area contributed by atoms with E-state index in [1.165, 1.54) is 6.07 Å². The molecule has 0 atom stereocenters. The number of nitrogens with one attached hydrogen (secondary N) is 1. The molecule has 1 N–H and O–H groups in total. The smallest absolute Gasteiger partial charge is 0.169 e. The SMILES string of the molecule is O=C(Cc1ccc(F)cc1F)c1c[nH]c2cc(Cl)ccc12. The molecule has 0 aliphatic heterocycles. The summed E-state index contributed by atoms with van der Waals surface area (Å²) in [6, 6.07) is 8.34. The van der Waals surface area contributed by atoms with Crippen LogP contribution < -0.4 is 0 Å². The molecule has 1 aromatic heterocycles. The number of Topliss-reactive ketones (excluding diaryl/α,β-unsaturated/α-hetero) is 1. The van der Waals surface area contributed by atoms with E-state index in [2.05, 4.69) is 4.98 Å². The zero-order valence-corrected chi connectivity index (χ0v) is 11.5. The first-order chi connectivity index (χ1) is 10.0. The minimum atomic E-state index is -0.716. The van der Waals surface area contributed by atoms with Gasteiger partial charge in [-0.3, -0.25) is 4.79 Å². The average Bonchev–Trinajstić information content (AvgIpc) is 2.84. The molecule has 0 amide bonds. The lowest BCUT2D eigenvalue weighted by Gasteiger charge is -2.02. The van der Waals surface area contributed by atoms with Crippen LogP contribution in [0.3, 0.4) is 0 Å². The van der Waals surface area contributed by atoms with Gasteiger partial charge in [0.25, 0.3) is 0 Å². The molecule has 2 nitrogen and oxygen atoms in total. The van der Waals surface area contributed by atoms with Gasteiger partial charge < -0.3 is 4.98 Å². The number of hydrogen-bond acceptors (Lipinski definition) is 1. The summed E-state index contributed by atoms with van der Waals surface area (Å²) in [4.78, 5) is 15.3. The van der Waals surface area contributed by atoms with Gasteiger partial charge >= 0.3 is 0 Å². The molecule has 1 heterocycles. The summed E-state index contributed by atoms with van der Waals surface area (Å²) in [7, 11) is 0. The largest absolute Gasteiger partial charge is 0.360 e. The Morgan fingerprint density at radius 1 is 1.14 bits per heavy atom. The fourth-order valence-corrected chi connectivity index (χ4v) is 2.43. The van der Waals surface area contributed by atoms with Crippen LogP contribution in [0.1, 0.15) is 15.9 Å². The van der Waals surface area contributed by atoms with E-state index in [0.29, 0.717) is 10.6 Å². The molecule has 106 valence electrons. The maximum absolute atomic E-state index is 13.6. The second-order valence-electron chi connectivity index (χ2n) is 4.73. The summed E-state index contributed by atoms with van der Waals surface area (Å²) in [5.41, 5.74) is 1.38. The Kier molecular flexibility index (Phi) is 3.47. The molecule has 0 saturated heterocycles. The molecule has 21 heavy (non-hydrogen) atoms. The predicted molar refractivity (Wildman–Crippen MR) is 77.7 cm³/mol. The molecule has 0 saturated carbocycles. The van der Waals surface area contributed by atoms with Crippen LogP contribution in [0.4, 0.5) is 8.78 Å². The Morgan fingerprint density at radius 3 is 2.71 bits per heavy atom. The zero-order valence-electron chi connectivity index (χ0n) is 10.8. The average molecular weight is 306 g/mol. The van der Waals surface area contributed by atoms with Crippen molar-refractivity contribution in [3.63, 3.8) is 0 Å². The van der Waals surface area contributed by atoms with Gasteiger partial charge in [0.05, 0.1) is 0 Å². The monoisotopic (exact) mass is 305 g/mol. The lowest BCUT2D eigenvalue weighted by atomic mass is 10.0. The number of fused-ring (bicyclic) bond motifs is 1. The van der Waals surface area contributed by atoms with Crippen molar-refractivity contribution in [3.8, 4) is 0 Å². The number of rotatable bonds is 3. The summed E-state index contributed by atoms with van der Waals surface area (Å²) >= 11 is 5.88. The maximum atomic E-state index is 13.6. The van der Waals surface area contributed by atoms with Crippen LogP contribution in [0, 0.1) is 11.6 Å². The molecule has 0 aliphatic carbocycles. The number of ketones is 1. The van der Waals surface area contributed by atoms with Gasteiger partial charge in [-0.25, -0.2) is 8.78 Å². The highest BCUT2D eigenvalue weighted by molar-refractivity contribution is 6.31. The second kappa shape index (κ2) is 5.30. The molecule has 0 radical (unpaired) electrons. The van der Waals surface area contributed by atoms with Crippen molar-refractivity contribution >= 4 is 28.3 Å². The van der Waals surface area contributed by atoms with E-state index in [0.717, 1.165) is 23.0 Å². The molecular formula is C16H10ClF2NO. The van der Waals surface area contributed by atoms with Crippen LogP contribution in [-0.2, 0) is 6.42 Å². The molecule has 3 rings (SSSR count). The lowest BCUT2D eigenvalue weighted by Crippen LogP contribution is -2.05. The van der Waals surface area contributed by atoms with Crippen LogP contribution in [0.15, 0.2) is 42.6 Å². The van der Waals surface area contributed by atoms with Gasteiger partial charge in [0.15, 0.2) is 5.78 Å². The highest BCUT2D eigenvalue weighted by atomic mass is 35.5. The van der Waals surface area contributed by atoms with E-state index >= 15 is 0 Å². The van der Waals surface area contributed by atoms with E-state index in [4.69, 9.17) is 11.6 Å². The standard InChI is InChI=1S/C16H10ClF2NO/c17-10-2-4-12-13(8-20-15(12)6-10)16(21)5-9-1-3-11(18)7-14(9)19/h1-4,6-8,20H,5H2. The van der Waals surface area contributed by atoms with E-state index in [1.54, 1.807) is 24.4 Å². The van der Waals surface area contributed by atoms with Gasteiger partial charge in [0.1, 0.15) is 11.6 Å². The second-order valence-corrected chi connectivity index (χ2v) is 5.16. The minimum Gasteiger partial charge on any atom is -0.360 e. The Labute approximate surface area is 124 Å². The van der Waals surface area contributed by atoms with Gasteiger partial charge in [-0.15, -0.1) is 0 Å². The van der Waals surface area contributed by atoms with Crippen molar-refractivity contribution in [2.24, 2.45) is 0 Å². The summed E-state index contributed by atoms with van der Waals surface area (Å²) in [5.74, 6) is -1.62. The third kappa shape index (κ3) is 2.67. The van der Waals surface area contributed by atoms with Crippen LogP contribution in [0.5, 0.6) is 0 Å². The highest BCUT2D eigenvalue weighted by Gasteiger charge is 2.15. The van der Waals surface area contributed by atoms with Gasteiger partial charge in [-0.1, -0.05) is 23.7 Å². The third-order valence-electron chi connectivity index (χ3n) is 3.31. The van der Waals surface area contributed by atoms with Crippen LogP contribution in [0.2, 0.25) is 5.02 Å². The highest BCUT2D eigenvalue weighted by Crippen LogP contribution is 2.23. The summed E-state index contributed by atoms with van der Waals surface area (Å²) < 4.78 is 26.5. The number of carbonyl (C=O) groups excluding carboxylic acids is 1. The van der Waals surface area contributed by atoms with Crippen LogP contribution in [0.25, 0.3) is 10.9 Å². The molecule has 0 fully saturated rings. The third-order valence-corrected chi connectivity index (χ3v) is 3.55. The quantitative estimate of drug-likeness (QED) is 0.709. The predicted octanol–water partition coefficient (Wildman–Crippen LogP) is 4.52. The first-order valence-electron chi connectivity index (χ1n) is 6.28. The van der Waals surface area contributed by atoms with Crippen molar-refractivity contribution in [2.45, 2.75) is 6.42 Å². The van der Waals surface area contributed by atoms with Crippen LogP contribution >= 0.6 is 11.6 Å². The molecule has 0 aliphatic rings. The number of hydrogen-bond donors (Lipinski definition) is 1. The first kappa shape index (κ1) is 13.8. The van der Waals surface area contributed by atoms with Gasteiger partial charge in [-0.2, -0.15) is 0 Å². The van der Waals surface area contributed by atoms with Crippen molar-refractivity contribution in [3.05, 3.63) is 70.4 Å². The zero-order chi connectivity index (χ0) is 15.0. The number of aromatic amines is 1.